The highest BCUT2D eigenvalue weighted by atomic mass is 79.9. The molecule has 0 aromatic carbocycles. The summed E-state index contributed by atoms with van der Waals surface area (Å²) in [7, 11) is 0. The van der Waals surface area contributed by atoms with Gasteiger partial charge in [-0.2, -0.15) is 0 Å². The van der Waals surface area contributed by atoms with Gasteiger partial charge in [-0.05, 0) is 38.8 Å². The topological polar surface area (TPSA) is 54.9 Å². The Morgan fingerprint density at radius 1 is 1.62 bits per heavy atom. The molecule has 0 aliphatic rings. The summed E-state index contributed by atoms with van der Waals surface area (Å²) in [5, 5.41) is 2.85. The first kappa shape index (κ1) is 10.6. The summed E-state index contributed by atoms with van der Waals surface area (Å²) in [6.45, 7) is 1.77. The number of Topliss-reactive ketones (excluding diaryl/α,β-unsaturated/α-hetero) is 1. The molecule has 0 bridgehead atoms. The van der Waals surface area contributed by atoms with E-state index in [1.165, 1.54) is 6.92 Å². The van der Waals surface area contributed by atoms with Gasteiger partial charge in [0.1, 0.15) is 15.0 Å². The normalized spacial score (nSPS) is 9.77. The summed E-state index contributed by atoms with van der Waals surface area (Å²) >= 11 is 6.40. The second-order valence-corrected chi connectivity index (χ2v) is 3.95. The summed E-state index contributed by atoms with van der Waals surface area (Å²) in [6, 6.07) is 0. The number of carbonyl (C=O) groups excluding carboxylic acids is 1. The Kier molecular flexibility index (Phi) is 3.80. The van der Waals surface area contributed by atoms with E-state index in [1.54, 1.807) is 6.20 Å². The van der Waals surface area contributed by atoms with E-state index in [1.807, 2.05) is 0 Å². The summed E-state index contributed by atoms with van der Waals surface area (Å²) < 4.78 is 1.23. The maximum absolute atomic E-state index is 10.7. The SMILES string of the molecule is CC(=O)CNc1ncc(Br)nc1Br. The summed E-state index contributed by atoms with van der Waals surface area (Å²) in [6.07, 6.45) is 1.56. The molecule has 0 saturated carbocycles. The largest absolute Gasteiger partial charge is 0.361 e. The van der Waals surface area contributed by atoms with E-state index in [2.05, 4.69) is 47.1 Å². The van der Waals surface area contributed by atoms with Gasteiger partial charge < -0.3 is 5.32 Å². The highest BCUT2D eigenvalue weighted by molar-refractivity contribution is 9.11. The Bertz CT molecular complexity index is 330. The maximum Gasteiger partial charge on any atom is 0.159 e. The lowest BCUT2D eigenvalue weighted by Gasteiger charge is -2.04. The minimum absolute atomic E-state index is 0.0524. The van der Waals surface area contributed by atoms with Crippen LogP contribution in [0.5, 0.6) is 0 Å². The summed E-state index contributed by atoms with van der Waals surface area (Å²) in [5.41, 5.74) is 0. The third-order valence-electron chi connectivity index (χ3n) is 1.21. The van der Waals surface area contributed by atoms with Gasteiger partial charge >= 0.3 is 0 Å². The zero-order chi connectivity index (χ0) is 9.84. The standard InChI is InChI=1S/C7H7Br2N3O/c1-4(13)2-10-7-6(9)12-5(8)3-11-7/h3H,2H2,1H3,(H,10,11). The van der Waals surface area contributed by atoms with Crippen LogP contribution in [0.3, 0.4) is 0 Å². The molecule has 0 amide bonds. The minimum Gasteiger partial charge on any atom is -0.361 e. The Labute approximate surface area is 92.4 Å². The quantitative estimate of drug-likeness (QED) is 0.928. The van der Waals surface area contributed by atoms with Crippen LogP contribution < -0.4 is 5.32 Å². The molecule has 0 saturated heterocycles. The van der Waals surface area contributed by atoms with E-state index in [-0.39, 0.29) is 12.3 Å². The first-order valence-corrected chi connectivity index (χ1v) is 5.09. The molecule has 1 aromatic heterocycles. The molecule has 4 nitrogen and oxygen atoms in total. The molecule has 0 unspecified atom stereocenters. The third kappa shape index (κ3) is 3.40. The van der Waals surface area contributed by atoms with Gasteiger partial charge in [-0.15, -0.1) is 0 Å². The smallest absolute Gasteiger partial charge is 0.159 e. The van der Waals surface area contributed by atoms with Gasteiger partial charge in [-0.1, -0.05) is 0 Å². The number of hydrogen-bond acceptors (Lipinski definition) is 4. The molecule has 13 heavy (non-hydrogen) atoms. The number of rotatable bonds is 3. The fourth-order valence-electron chi connectivity index (χ4n) is 0.673. The number of carbonyl (C=O) groups is 1. The molecular weight excluding hydrogens is 302 g/mol. The minimum atomic E-state index is 0.0524. The third-order valence-corrected chi connectivity index (χ3v) is 2.14. The van der Waals surface area contributed by atoms with E-state index in [4.69, 9.17) is 0 Å². The van der Waals surface area contributed by atoms with Crippen LogP contribution in [0.15, 0.2) is 15.4 Å². The van der Waals surface area contributed by atoms with Crippen molar-refractivity contribution in [2.75, 3.05) is 11.9 Å². The first-order chi connectivity index (χ1) is 6.09. The van der Waals surface area contributed by atoms with Crippen molar-refractivity contribution in [2.24, 2.45) is 0 Å². The lowest BCUT2D eigenvalue weighted by atomic mass is 10.4. The Hall–Kier alpha value is -0.490. The van der Waals surface area contributed by atoms with Crippen molar-refractivity contribution in [3.63, 3.8) is 0 Å². The van der Waals surface area contributed by atoms with Crippen molar-refractivity contribution >= 4 is 43.5 Å². The van der Waals surface area contributed by atoms with Crippen molar-refractivity contribution in [2.45, 2.75) is 6.92 Å². The van der Waals surface area contributed by atoms with Crippen LogP contribution in [0.4, 0.5) is 5.82 Å². The monoisotopic (exact) mass is 307 g/mol. The zero-order valence-corrected chi connectivity index (χ0v) is 10.0. The van der Waals surface area contributed by atoms with Gasteiger partial charge in [-0.3, -0.25) is 4.79 Å². The van der Waals surface area contributed by atoms with Crippen molar-refractivity contribution < 1.29 is 4.79 Å². The fraction of sp³-hybridized carbons (Fsp3) is 0.286. The van der Waals surface area contributed by atoms with Crippen LogP contribution in [0, 0.1) is 0 Å². The lowest BCUT2D eigenvalue weighted by molar-refractivity contribution is -0.115. The van der Waals surface area contributed by atoms with Gasteiger partial charge in [0, 0.05) is 0 Å². The van der Waals surface area contributed by atoms with E-state index in [0.717, 1.165) is 0 Å². The molecule has 0 fully saturated rings. The van der Waals surface area contributed by atoms with E-state index >= 15 is 0 Å². The van der Waals surface area contributed by atoms with Crippen LogP contribution in [-0.4, -0.2) is 22.3 Å². The van der Waals surface area contributed by atoms with Crippen molar-refractivity contribution in [1.29, 1.82) is 0 Å². The van der Waals surface area contributed by atoms with Crippen LogP contribution in [-0.2, 0) is 4.79 Å². The van der Waals surface area contributed by atoms with Gasteiger partial charge in [-0.25, -0.2) is 9.97 Å². The molecule has 0 radical (unpaired) electrons. The van der Waals surface area contributed by atoms with Gasteiger partial charge in [0.15, 0.2) is 5.82 Å². The average Bonchev–Trinajstić information content (AvgIpc) is 2.02. The van der Waals surface area contributed by atoms with E-state index in [9.17, 15) is 4.79 Å². The number of ketones is 1. The predicted octanol–water partition coefficient (Wildman–Crippen LogP) is 2.00. The number of hydrogen-bond donors (Lipinski definition) is 1. The van der Waals surface area contributed by atoms with E-state index in [0.29, 0.717) is 15.0 Å². The van der Waals surface area contributed by atoms with Crippen LogP contribution in [0.25, 0.3) is 0 Å². The van der Waals surface area contributed by atoms with Crippen molar-refractivity contribution in [3.05, 3.63) is 15.4 Å². The molecular formula is C7H7Br2N3O. The molecule has 1 heterocycles. The highest BCUT2D eigenvalue weighted by Gasteiger charge is 2.03. The molecule has 70 valence electrons. The molecule has 0 aliphatic heterocycles. The van der Waals surface area contributed by atoms with Gasteiger partial charge in [0.05, 0.1) is 12.7 Å². The summed E-state index contributed by atoms with van der Waals surface area (Å²) in [5.74, 6) is 0.620. The van der Waals surface area contributed by atoms with Crippen molar-refractivity contribution in [3.8, 4) is 0 Å². The number of aromatic nitrogens is 2. The summed E-state index contributed by atoms with van der Waals surface area (Å²) in [4.78, 5) is 18.7. The predicted molar refractivity (Wildman–Crippen MR) is 56.6 cm³/mol. The van der Waals surface area contributed by atoms with Crippen molar-refractivity contribution in [1.82, 2.24) is 9.97 Å². The number of nitrogens with one attached hydrogen (secondary N) is 1. The van der Waals surface area contributed by atoms with Crippen LogP contribution in [0.1, 0.15) is 6.92 Å². The van der Waals surface area contributed by atoms with Crippen LogP contribution in [0.2, 0.25) is 0 Å². The second-order valence-electron chi connectivity index (χ2n) is 2.39. The first-order valence-electron chi connectivity index (χ1n) is 3.51. The Morgan fingerprint density at radius 3 is 2.85 bits per heavy atom. The Balaban J connectivity index is 2.72. The lowest BCUT2D eigenvalue weighted by Crippen LogP contribution is -2.11. The average molecular weight is 309 g/mol. The Morgan fingerprint density at radius 2 is 2.31 bits per heavy atom. The molecule has 1 N–H and O–H groups in total. The molecule has 1 aromatic rings. The number of nitrogens with zero attached hydrogens (tertiary/aromatic N) is 2. The fourth-order valence-corrected chi connectivity index (χ4v) is 1.62. The van der Waals surface area contributed by atoms with Gasteiger partial charge in [0.2, 0.25) is 0 Å². The zero-order valence-electron chi connectivity index (χ0n) is 6.84. The maximum atomic E-state index is 10.7. The molecule has 6 heteroatoms. The molecule has 0 aliphatic carbocycles. The highest BCUT2D eigenvalue weighted by Crippen LogP contribution is 2.18. The molecule has 1 rings (SSSR count). The van der Waals surface area contributed by atoms with Crippen LogP contribution >= 0.6 is 31.9 Å². The number of anilines is 1. The molecule has 0 atom stereocenters. The second kappa shape index (κ2) is 4.66. The number of halogens is 2. The van der Waals surface area contributed by atoms with E-state index < -0.39 is 0 Å². The molecule has 0 spiro atoms. The van der Waals surface area contributed by atoms with Gasteiger partial charge in [0.25, 0.3) is 0 Å².